The predicted molar refractivity (Wildman–Crippen MR) is 81.4 cm³/mol. The number of rotatable bonds is 4. The van der Waals surface area contributed by atoms with Gasteiger partial charge in [-0.15, -0.1) is 11.3 Å². The summed E-state index contributed by atoms with van der Waals surface area (Å²) in [5, 5.41) is 3.95. The number of nitrogens with one attached hydrogen (secondary N) is 1. The van der Waals surface area contributed by atoms with Gasteiger partial charge in [0.15, 0.2) is 5.78 Å². The first kappa shape index (κ1) is 14.8. The van der Waals surface area contributed by atoms with Crippen molar-refractivity contribution in [3.8, 4) is 0 Å². The number of primary amides is 1. The summed E-state index contributed by atoms with van der Waals surface area (Å²) >= 11 is 1.22. The zero-order chi connectivity index (χ0) is 14.9. The van der Waals surface area contributed by atoms with E-state index in [0.717, 1.165) is 25.9 Å². The van der Waals surface area contributed by atoms with Gasteiger partial charge in [0.25, 0.3) is 5.91 Å². The van der Waals surface area contributed by atoms with Gasteiger partial charge in [-0.25, -0.2) is 0 Å². The van der Waals surface area contributed by atoms with Crippen LogP contribution in [0.25, 0.3) is 0 Å². The number of piperidine rings is 1. The van der Waals surface area contributed by atoms with Crippen LogP contribution in [0.4, 0.5) is 10.7 Å². The molecule has 7 heteroatoms. The molecule has 1 saturated heterocycles. The number of Topliss-reactive ketones (excluding diaryl/α,β-unsaturated/α-hetero) is 1. The summed E-state index contributed by atoms with van der Waals surface area (Å²) in [6.45, 7) is 3.44. The normalized spacial score (nSPS) is 17.1. The smallest absolute Gasteiger partial charge is 0.253 e. The summed E-state index contributed by atoms with van der Waals surface area (Å²) in [6, 6.07) is 0.280. The molecule has 1 aromatic rings. The van der Waals surface area contributed by atoms with Crippen molar-refractivity contribution in [2.24, 2.45) is 5.73 Å². The first-order valence-electron chi connectivity index (χ1n) is 6.58. The zero-order valence-electron chi connectivity index (χ0n) is 11.7. The highest BCUT2D eigenvalue weighted by molar-refractivity contribution is 7.19. The van der Waals surface area contributed by atoms with Gasteiger partial charge < -0.3 is 21.7 Å². The Bertz CT molecular complexity index is 533. The molecule has 1 fully saturated rings. The molecule has 20 heavy (non-hydrogen) atoms. The number of nitrogens with two attached hydrogens (primary N) is 2. The molecule has 2 heterocycles. The minimum absolute atomic E-state index is 0.147. The van der Waals surface area contributed by atoms with Crippen molar-refractivity contribution >= 4 is 33.7 Å². The Morgan fingerprint density at radius 3 is 2.45 bits per heavy atom. The van der Waals surface area contributed by atoms with E-state index in [4.69, 9.17) is 11.5 Å². The number of anilines is 2. The topological polar surface area (TPSA) is 101 Å². The molecule has 2 rings (SSSR count). The molecule has 0 aliphatic carbocycles. The van der Waals surface area contributed by atoms with E-state index in [1.54, 1.807) is 0 Å². The van der Waals surface area contributed by atoms with Crippen molar-refractivity contribution in [2.45, 2.75) is 25.8 Å². The summed E-state index contributed by atoms with van der Waals surface area (Å²) < 4.78 is 0. The van der Waals surface area contributed by atoms with Crippen molar-refractivity contribution in [2.75, 3.05) is 31.2 Å². The SMILES string of the molecule is CC(=O)c1sc(NC2CCN(C)CC2)c(C(N)=O)c1N. The molecule has 1 amide bonds. The summed E-state index contributed by atoms with van der Waals surface area (Å²) in [6.07, 6.45) is 1.98. The molecule has 1 aliphatic heterocycles. The van der Waals surface area contributed by atoms with Crippen LogP contribution in [0.3, 0.4) is 0 Å². The van der Waals surface area contributed by atoms with Gasteiger partial charge in [0.05, 0.1) is 16.1 Å². The van der Waals surface area contributed by atoms with E-state index in [-0.39, 0.29) is 23.1 Å². The maximum atomic E-state index is 11.6. The average molecular weight is 296 g/mol. The molecule has 1 aromatic heterocycles. The Kier molecular flexibility index (Phi) is 4.29. The van der Waals surface area contributed by atoms with Crippen LogP contribution in [0.5, 0.6) is 0 Å². The fourth-order valence-electron chi connectivity index (χ4n) is 2.39. The van der Waals surface area contributed by atoms with Gasteiger partial charge in [0, 0.05) is 13.0 Å². The molecule has 0 aromatic carbocycles. The number of nitrogen functional groups attached to an aromatic ring is 1. The number of ketones is 1. The minimum Gasteiger partial charge on any atom is -0.397 e. The number of nitrogens with zero attached hydrogens (tertiary/aromatic N) is 1. The van der Waals surface area contributed by atoms with E-state index >= 15 is 0 Å². The fraction of sp³-hybridized carbons (Fsp3) is 0.538. The largest absolute Gasteiger partial charge is 0.397 e. The maximum absolute atomic E-state index is 11.6. The van der Waals surface area contributed by atoms with E-state index in [0.29, 0.717) is 9.88 Å². The van der Waals surface area contributed by atoms with Crippen molar-refractivity contribution in [1.82, 2.24) is 4.90 Å². The van der Waals surface area contributed by atoms with Gasteiger partial charge in [0.2, 0.25) is 0 Å². The van der Waals surface area contributed by atoms with Crippen LogP contribution in [0.2, 0.25) is 0 Å². The van der Waals surface area contributed by atoms with Crippen LogP contribution in [-0.4, -0.2) is 42.8 Å². The van der Waals surface area contributed by atoms with Crippen LogP contribution in [0.15, 0.2) is 0 Å². The number of carbonyl (C=O) groups is 2. The molecule has 0 atom stereocenters. The first-order valence-corrected chi connectivity index (χ1v) is 7.40. The third-order valence-corrected chi connectivity index (χ3v) is 4.80. The lowest BCUT2D eigenvalue weighted by Gasteiger charge is -2.29. The summed E-state index contributed by atoms with van der Waals surface area (Å²) in [5.74, 6) is -0.742. The number of likely N-dealkylation sites (tertiary alicyclic amines) is 1. The Morgan fingerprint density at radius 2 is 1.95 bits per heavy atom. The van der Waals surface area contributed by atoms with Gasteiger partial charge in [-0.2, -0.15) is 0 Å². The molecule has 110 valence electrons. The minimum atomic E-state index is -0.596. The number of hydrogen-bond acceptors (Lipinski definition) is 6. The van der Waals surface area contributed by atoms with Gasteiger partial charge in [-0.05, 0) is 33.0 Å². The van der Waals surface area contributed by atoms with Crippen LogP contribution in [0, 0.1) is 0 Å². The quantitative estimate of drug-likeness (QED) is 0.723. The van der Waals surface area contributed by atoms with Crippen LogP contribution in [-0.2, 0) is 0 Å². The van der Waals surface area contributed by atoms with E-state index in [9.17, 15) is 9.59 Å². The third-order valence-electron chi connectivity index (χ3n) is 3.57. The van der Waals surface area contributed by atoms with Gasteiger partial charge in [-0.1, -0.05) is 0 Å². The van der Waals surface area contributed by atoms with Crippen LogP contribution in [0.1, 0.15) is 39.8 Å². The van der Waals surface area contributed by atoms with Gasteiger partial charge in [-0.3, -0.25) is 9.59 Å². The molecular weight excluding hydrogens is 276 g/mol. The highest BCUT2D eigenvalue weighted by Gasteiger charge is 2.25. The highest BCUT2D eigenvalue weighted by atomic mass is 32.1. The second-order valence-corrected chi connectivity index (χ2v) is 6.21. The Hall–Kier alpha value is -1.60. The Balaban J connectivity index is 2.24. The monoisotopic (exact) mass is 296 g/mol. The third kappa shape index (κ3) is 2.94. The van der Waals surface area contributed by atoms with Crippen molar-refractivity contribution in [3.63, 3.8) is 0 Å². The molecule has 0 unspecified atom stereocenters. The average Bonchev–Trinajstić information content (AvgIpc) is 2.69. The lowest BCUT2D eigenvalue weighted by Crippen LogP contribution is -2.36. The Morgan fingerprint density at radius 1 is 1.35 bits per heavy atom. The summed E-state index contributed by atoms with van der Waals surface area (Å²) in [4.78, 5) is 25.8. The molecule has 0 radical (unpaired) electrons. The van der Waals surface area contributed by atoms with E-state index in [1.165, 1.54) is 18.3 Å². The number of amides is 1. The number of thiophene rings is 1. The molecule has 1 aliphatic rings. The van der Waals surface area contributed by atoms with Crippen LogP contribution < -0.4 is 16.8 Å². The molecule has 0 bridgehead atoms. The molecule has 6 nitrogen and oxygen atoms in total. The molecular formula is C13H20N4O2S. The fourth-order valence-corrected chi connectivity index (χ4v) is 3.49. The second kappa shape index (κ2) is 5.80. The molecule has 0 saturated carbocycles. The standard InChI is InChI=1S/C13H20N4O2S/c1-7(18)11-10(14)9(12(15)19)13(20-11)16-8-3-5-17(2)6-4-8/h8,16H,3-6,14H2,1-2H3,(H2,15,19). The zero-order valence-corrected chi connectivity index (χ0v) is 12.5. The second-order valence-electron chi connectivity index (χ2n) is 5.19. The predicted octanol–water partition coefficient (Wildman–Crippen LogP) is 1.14. The lowest BCUT2D eigenvalue weighted by molar-refractivity contribution is 0.100. The molecule has 0 spiro atoms. The first-order chi connectivity index (χ1) is 9.40. The maximum Gasteiger partial charge on any atom is 0.253 e. The summed E-state index contributed by atoms with van der Waals surface area (Å²) in [5.41, 5.74) is 11.7. The van der Waals surface area contributed by atoms with Crippen LogP contribution >= 0.6 is 11.3 Å². The van der Waals surface area contributed by atoms with Gasteiger partial charge in [0.1, 0.15) is 5.00 Å². The lowest BCUT2D eigenvalue weighted by atomic mass is 10.1. The van der Waals surface area contributed by atoms with Crippen molar-refractivity contribution in [3.05, 3.63) is 10.4 Å². The van der Waals surface area contributed by atoms with E-state index in [1.807, 2.05) is 0 Å². The van der Waals surface area contributed by atoms with E-state index in [2.05, 4.69) is 17.3 Å². The molecule has 5 N–H and O–H groups in total. The van der Waals surface area contributed by atoms with Crippen molar-refractivity contribution in [1.29, 1.82) is 0 Å². The summed E-state index contributed by atoms with van der Waals surface area (Å²) in [7, 11) is 2.09. The van der Waals surface area contributed by atoms with E-state index < -0.39 is 5.91 Å². The van der Waals surface area contributed by atoms with Gasteiger partial charge >= 0.3 is 0 Å². The number of carbonyl (C=O) groups excluding carboxylic acids is 2. The Labute approximate surface area is 122 Å². The number of hydrogen-bond donors (Lipinski definition) is 3. The highest BCUT2D eigenvalue weighted by Crippen LogP contribution is 2.36. The van der Waals surface area contributed by atoms with Crippen molar-refractivity contribution < 1.29 is 9.59 Å².